The van der Waals surface area contributed by atoms with E-state index in [0.717, 1.165) is 32.6 Å². The molecule has 1 heterocycles. The second kappa shape index (κ2) is 4.33. The van der Waals surface area contributed by atoms with E-state index in [0.29, 0.717) is 0 Å². The van der Waals surface area contributed by atoms with Gasteiger partial charge in [0.1, 0.15) is 0 Å². The first-order chi connectivity index (χ1) is 7.28. The van der Waals surface area contributed by atoms with Gasteiger partial charge in [-0.3, -0.25) is 0 Å². The van der Waals surface area contributed by atoms with Crippen molar-refractivity contribution in [1.82, 2.24) is 0 Å². The van der Waals surface area contributed by atoms with E-state index in [4.69, 9.17) is 10.5 Å². The third-order valence-electron chi connectivity index (χ3n) is 3.33. The summed E-state index contributed by atoms with van der Waals surface area (Å²) in [5.74, 6) is 0. The molecule has 0 spiro atoms. The van der Waals surface area contributed by atoms with Crippen LogP contribution in [-0.2, 0) is 10.2 Å². The average Bonchev–Trinajstić information content (AvgIpc) is 2.19. The number of hydrogen-bond donors (Lipinski definition) is 1. The van der Waals surface area contributed by atoms with E-state index < -0.39 is 0 Å². The number of ether oxygens (including phenoxy) is 1. The van der Waals surface area contributed by atoms with Crippen molar-refractivity contribution in [3.8, 4) is 0 Å². The smallest absolute Gasteiger partial charge is 0.0585 e. The normalized spacial score (nSPS) is 18.5. The fraction of sp³-hybridized carbons (Fsp3) is 0.538. The molecule has 1 aliphatic rings. The summed E-state index contributed by atoms with van der Waals surface area (Å²) < 4.78 is 5.40. The van der Waals surface area contributed by atoms with E-state index in [1.165, 1.54) is 11.1 Å². The Morgan fingerprint density at radius 2 is 2.07 bits per heavy atom. The zero-order valence-electron chi connectivity index (χ0n) is 9.33. The summed E-state index contributed by atoms with van der Waals surface area (Å²) in [5, 5.41) is 0. The van der Waals surface area contributed by atoms with Crippen LogP contribution in [0.4, 0.5) is 0 Å². The Balaban J connectivity index is 2.22. The van der Waals surface area contributed by atoms with Crippen LogP contribution in [0.15, 0.2) is 24.3 Å². The lowest BCUT2D eigenvalue weighted by Crippen LogP contribution is -2.47. The lowest BCUT2D eigenvalue weighted by molar-refractivity contribution is -0.0652. The van der Waals surface area contributed by atoms with E-state index in [-0.39, 0.29) is 5.41 Å². The summed E-state index contributed by atoms with van der Waals surface area (Å²) in [7, 11) is 0. The number of benzene rings is 1. The van der Waals surface area contributed by atoms with Crippen LogP contribution in [0.2, 0.25) is 0 Å². The largest absolute Gasteiger partial charge is 0.379 e. The summed E-state index contributed by atoms with van der Waals surface area (Å²) in [4.78, 5) is 0. The highest BCUT2D eigenvalue weighted by molar-refractivity contribution is 5.35. The summed E-state index contributed by atoms with van der Waals surface area (Å²) in [6, 6.07) is 8.62. The average molecular weight is 205 g/mol. The molecule has 0 aliphatic carbocycles. The van der Waals surface area contributed by atoms with Crippen molar-refractivity contribution < 1.29 is 4.74 Å². The highest BCUT2D eigenvalue weighted by atomic mass is 16.5. The lowest BCUT2D eigenvalue weighted by Gasteiger charge is -2.43. The highest BCUT2D eigenvalue weighted by Gasteiger charge is 2.40. The van der Waals surface area contributed by atoms with Gasteiger partial charge >= 0.3 is 0 Å². The second-order valence-electron chi connectivity index (χ2n) is 4.48. The fourth-order valence-electron chi connectivity index (χ4n) is 2.39. The molecule has 2 N–H and O–H groups in total. The maximum absolute atomic E-state index is 5.59. The van der Waals surface area contributed by atoms with Crippen LogP contribution in [0, 0.1) is 6.92 Å². The monoisotopic (exact) mass is 205 g/mol. The Kier molecular flexibility index (Phi) is 3.08. The number of aryl methyl sites for hydroxylation is 1. The van der Waals surface area contributed by atoms with Crippen molar-refractivity contribution in [1.29, 1.82) is 0 Å². The van der Waals surface area contributed by atoms with Gasteiger partial charge in [0.2, 0.25) is 0 Å². The first-order valence-electron chi connectivity index (χ1n) is 5.62. The SMILES string of the molecule is Cc1ccccc1C1(CCCN)COC1. The van der Waals surface area contributed by atoms with Crippen molar-refractivity contribution in [2.75, 3.05) is 19.8 Å². The molecule has 2 rings (SSSR count). The predicted molar refractivity (Wildman–Crippen MR) is 62.0 cm³/mol. The zero-order chi connectivity index (χ0) is 10.7. The number of rotatable bonds is 4. The molecule has 0 bridgehead atoms. The van der Waals surface area contributed by atoms with Gasteiger partial charge in [-0.1, -0.05) is 24.3 Å². The van der Waals surface area contributed by atoms with Crippen molar-refractivity contribution in [3.63, 3.8) is 0 Å². The van der Waals surface area contributed by atoms with Gasteiger partial charge in [0.05, 0.1) is 13.2 Å². The molecule has 1 aromatic carbocycles. The maximum atomic E-state index is 5.59. The Morgan fingerprint density at radius 1 is 1.33 bits per heavy atom. The Bertz CT molecular complexity index is 331. The van der Waals surface area contributed by atoms with Gasteiger partial charge in [-0.2, -0.15) is 0 Å². The molecule has 2 heteroatoms. The minimum atomic E-state index is 0.255. The third-order valence-corrected chi connectivity index (χ3v) is 3.33. The standard InChI is InChI=1S/C13H19NO/c1-11-5-2-3-6-12(11)13(7-4-8-14)9-15-10-13/h2-3,5-6H,4,7-10,14H2,1H3. The molecule has 0 aromatic heterocycles. The number of hydrogen-bond acceptors (Lipinski definition) is 2. The van der Waals surface area contributed by atoms with Gasteiger partial charge in [0.25, 0.3) is 0 Å². The molecule has 0 radical (unpaired) electrons. The Hall–Kier alpha value is -0.860. The summed E-state index contributed by atoms with van der Waals surface area (Å²) in [5.41, 5.74) is 8.67. The first-order valence-corrected chi connectivity index (χ1v) is 5.62. The quantitative estimate of drug-likeness (QED) is 0.816. The molecule has 1 fully saturated rings. The van der Waals surface area contributed by atoms with Gasteiger partial charge < -0.3 is 10.5 Å². The minimum absolute atomic E-state index is 0.255. The minimum Gasteiger partial charge on any atom is -0.379 e. The molecular weight excluding hydrogens is 186 g/mol. The molecule has 1 saturated heterocycles. The summed E-state index contributed by atoms with van der Waals surface area (Å²) in [6.07, 6.45) is 2.23. The van der Waals surface area contributed by atoms with Crippen LogP contribution in [0.25, 0.3) is 0 Å². The van der Waals surface area contributed by atoms with Crippen LogP contribution in [-0.4, -0.2) is 19.8 Å². The van der Waals surface area contributed by atoms with Crippen LogP contribution >= 0.6 is 0 Å². The van der Waals surface area contributed by atoms with Crippen molar-refractivity contribution in [2.24, 2.45) is 5.73 Å². The van der Waals surface area contributed by atoms with Crippen LogP contribution in [0.3, 0.4) is 0 Å². The second-order valence-corrected chi connectivity index (χ2v) is 4.48. The van der Waals surface area contributed by atoms with Crippen LogP contribution in [0.1, 0.15) is 24.0 Å². The number of nitrogens with two attached hydrogens (primary N) is 1. The lowest BCUT2D eigenvalue weighted by atomic mass is 9.73. The Labute approximate surface area is 91.4 Å². The van der Waals surface area contributed by atoms with Crippen LogP contribution < -0.4 is 5.73 Å². The van der Waals surface area contributed by atoms with E-state index in [9.17, 15) is 0 Å². The molecule has 15 heavy (non-hydrogen) atoms. The van der Waals surface area contributed by atoms with Crippen molar-refractivity contribution >= 4 is 0 Å². The molecule has 1 aliphatic heterocycles. The van der Waals surface area contributed by atoms with Crippen LogP contribution in [0.5, 0.6) is 0 Å². The molecule has 0 amide bonds. The van der Waals surface area contributed by atoms with Crippen molar-refractivity contribution in [3.05, 3.63) is 35.4 Å². The van der Waals surface area contributed by atoms with E-state index in [2.05, 4.69) is 31.2 Å². The summed E-state index contributed by atoms with van der Waals surface area (Å²) in [6.45, 7) is 4.67. The van der Waals surface area contributed by atoms with E-state index in [1.54, 1.807) is 0 Å². The molecule has 0 atom stereocenters. The van der Waals surface area contributed by atoms with E-state index >= 15 is 0 Å². The molecule has 0 saturated carbocycles. The van der Waals surface area contributed by atoms with Gasteiger partial charge in [-0.25, -0.2) is 0 Å². The maximum Gasteiger partial charge on any atom is 0.0585 e. The highest BCUT2D eigenvalue weighted by Crippen LogP contribution is 2.38. The van der Waals surface area contributed by atoms with Gasteiger partial charge in [0.15, 0.2) is 0 Å². The molecule has 2 nitrogen and oxygen atoms in total. The van der Waals surface area contributed by atoms with Gasteiger partial charge in [0, 0.05) is 5.41 Å². The molecular formula is C13H19NO. The topological polar surface area (TPSA) is 35.2 Å². The van der Waals surface area contributed by atoms with Gasteiger partial charge in [-0.15, -0.1) is 0 Å². The molecule has 1 aromatic rings. The Morgan fingerprint density at radius 3 is 2.60 bits per heavy atom. The molecule has 0 unspecified atom stereocenters. The van der Waals surface area contributed by atoms with Crippen molar-refractivity contribution in [2.45, 2.75) is 25.2 Å². The third kappa shape index (κ3) is 1.92. The molecule has 82 valence electrons. The zero-order valence-corrected chi connectivity index (χ0v) is 9.33. The summed E-state index contributed by atoms with van der Waals surface area (Å²) >= 11 is 0. The first kappa shape index (κ1) is 10.7. The van der Waals surface area contributed by atoms with E-state index in [1.807, 2.05) is 0 Å². The van der Waals surface area contributed by atoms with Gasteiger partial charge in [-0.05, 0) is 37.4 Å². The predicted octanol–water partition coefficient (Wildman–Crippen LogP) is 2.00. The fourth-order valence-corrected chi connectivity index (χ4v) is 2.39.